The molecule has 0 radical (unpaired) electrons. The van der Waals surface area contributed by atoms with Crippen molar-refractivity contribution >= 4 is 12.0 Å². The van der Waals surface area contributed by atoms with Crippen molar-refractivity contribution in [3.05, 3.63) is 0 Å². The first kappa shape index (κ1) is 16.1. The van der Waals surface area contributed by atoms with Gasteiger partial charge in [0.1, 0.15) is 0 Å². The molecule has 3 N–H and O–H groups in total. The van der Waals surface area contributed by atoms with E-state index in [9.17, 15) is 14.7 Å². The van der Waals surface area contributed by atoms with E-state index in [1.165, 1.54) is 6.42 Å². The van der Waals surface area contributed by atoms with E-state index in [-0.39, 0.29) is 18.1 Å². The van der Waals surface area contributed by atoms with Crippen molar-refractivity contribution in [1.29, 1.82) is 0 Å². The van der Waals surface area contributed by atoms with Crippen LogP contribution in [-0.2, 0) is 4.79 Å². The molecule has 0 bridgehead atoms. The van der Waals surface area contributed by atoms with Gasteiger partial charge in [0, 0.05) is 12.1 Å². The van der Waals surface area contributed by atoms with Crippen LogP contribution in [0.5, 0.6) is 0 Å². The number of carboxylic acids is 1. The lowest BCUT2D eigenvalue weighted by Gasteiger charge is -2.28. The Kier molecular flexibility index (Phi) is 5.12. The van der Waals surface area contributed by atoms with Gasteiger partial charge in [-0.3, -0.25) is 4.79 Å². The van der Waals surface area contributed by atoms with Gasteiger partial charge in [-0.1, -0.05) is 26.2 Å². The molecule has 2 aliphatic rings. The summed E-state index contributed by atoms with van der Waals surface area (Å²) in [6, 6.07) is -0.235. The number of urea groups is 1. The van der Waals surface area contributed by atoms with Crippen LogP contribution in [0.3, 0.4) is 0 Å². The van der Waals surface area contributed by atoms with Gasteiger partial charge in [-0.05, 0) is 44.9 Å². The fraction of sp³-hybridized carbons (Fsp3) is 0.875. The van der Waals surface area contributed by atoms with Crippen LogP contribution in [-0.4, -0.2) is 29.2 Å². The molecule has 2 fully saturated rings. The Balaban J connectivity index is 1.85. The summed E-state index contributed by atoms with van der Waals surface area (Å²) in [5.74, 6) is -0.0708. The van der Waals surface area contributed by atoms with E-state index in [1.807, 2.05) is 0 Å². The third-order valence-electron chi connectivity index (χ3n) is 5.34. The summed E-state index contributed by atoms with van der Waals surface area (Å²) >= 11 is 0. The normalized spacial score (nSPS) is 36.8. The summed E-state index contributed by atoms with van der Waals surface area (Å²) in [6.07, 6.45) is 7.83. The minimum absolute atomic E-state index is 0.200. The zero-order chi connectivity index (χ0) is 15.5. The molecule has 2 aliphatic carbocycles. The molecule has 0 heterocycles. The number of rotatable bonds is 3. The molecule has 4 unspecified atom stereocenters. The third kappa shape index (κ3) is 3.89. The van der Waals surface area contributed by atoms with Crippen molar-refractivity contribution in [2.45, 2.75) is 77.3 Å². The Morgan fingerprint density at radius 2 is 1.81 bits per heavy atom. The first-order valence-corrected chi connectivity index (χ1v) is 8.22. The Morgan fingerprint density at radius 1 is 1.05 bits per heavy atom. The monoisotopic (exact) mass is 296 g/mol. The maximum Gasteiger partial charge on any atom is 0.315 e. The van der Waals surface area contributed by atoms with Crippen LogP contribution in [0.2, 0.25) is 0 Å². The molecule has 2 saturated carbocycles. The van der Waals surface area contributed by atoms with Gasteiger partial charge in [0.05, 0.1) is 5.41 Å². The standard InChI is InChI=1S/C16H28N2O3/c1-11-5-3-6-12(9-8-11)17-15(21)18-13-7-4-10-16(13,2)14(19)20/h11-13H,3-10H2,1-2H3,(H,19,20)(H2,17,18,21). The molecule has 0 spiro atoms. The second kappa shape index (κ2) is 6.67. The lowest BCUT2D eigenvalue weighted by Crippen LogP contribution is -2.52. The minimum atomic E-state index is -0.824. The van der Waals surface area contributed by atoms with Crippen molar-refractivity contribution in [3.8, 4) is 0 Å². The third-order valence-corrected chi connectivity index (χ3v) is 5.34. The van der Waals surface area contributed by atoms with Crippen LogP contribution >= 0.6 is 0 Å². The molecule has 0 aromatic heterocycles. The van der Waals surface area contributed by atoms with Crippen LogP contribution in [0.4, 0.5) is 4.79 Å². The molecule has 2 rings (SSSR count). The van der Waals surface area contributed by atoms with Gasteiger partial charge >= 0.3 is 12.0 Å². The number of carboxylic acid groups (broad SMARTS) is 1. The van der Waals surface area contributed by atoms with E-state index in [1.54, 1.807) is 6.92 Å². The average Bonchev–Trinajstić information content (AvgIpc) is 2.65. The van der Waals surface area contributed by atoms with E-state index >= 15 is 0 Å². The summed E-state index contributed by atoms with van der Waals surface area (Å²) in [7, 11) is 0. The van der Waals surface area contributed by atoms with E-state index < -0.39 is 11.4 Å². The molecular weight excluding hydrogens is 268 g/mol. The Labute approximate surface area is 126 Å². The highest BCUT2D eigenvalue weighted by atomic mass is 16.4. The Hall–Kier alpha value is -1.26. The number of aliphatic carboxylic acids is 1. The molecule has 2 amide bonds. The molecule has 21 heavy (non-hydrogen) atoms. The minimum Gasteiger partial charge on any atom is -0.481 e. The highest BCUT2D eigenvalue weighted by molar-refractivity contribution is 5.79. The van der Waals surface area contributed by atoms with Crippen molar-refractivity contribution in [2.75, 3.05) is 0 Å². The summed E-state index contributed by atoms with van der Waals surface area (Å²) in [5, 5.41) is 15.3. The van der Waals surface area contributed by atoms with Crippen LogP contribution in [0.15, 0.2) is 0 Å². The van der Waals surface area contributed by atoms with E-state index in [0.717, 1.165) is 44.4 Å². The smallest absolute Gasteiger partial charge is 0.315 e. The van der Waals surface area contributed by atoms with Gasteiger partial charge in [-0.15, -0.1) is 0 Å². The topological polar surface area (TPSA) is 78.4 Å². The number of carbonyl (C=O) groups excluding carboxylic acids is 1. The SMILES string of the molecule is CC1CCCC(NC(=O)NC2CCCC2(C)C(=O)O)CC1. The van der Waals surface area contributed by atoms with Gasteiger partial charge in [0.2, 0.25) is 0 Å². The quantitative estimate of drug-likeness (QED) is 0.701. The van der Waals surface area contributed by atoms with Gasteiger partial charge in [0.25, 0.3) is 0 Å². The summed E-state index contributed by atoms with van der Waals surface area (Å²) in [4.78, 5) is 23.6. The van der Waals surface area contributed by atoms with Crippen molar-refractivity contribution in [1.82, 2.24) is 10.6 Å². The predicted octanol–water partition coefficient (Wildman–Crippen LogP) is 2.90. The highest BCUT2D eigenvalue weighted by Crippen LogP contribution is 2.38. The van der Waals surface area contributed by atoms with E-state index in [2.05, 4.69) is 17.6 Å². The van der Waals surface area contributed by atoms with Crippen LogP contribution < -0.4 is 10.6 Å². The number of amides is 2. The molecule has 4 atom stereocenters. The zero-order valence-corrected chi connectivity index (χ0v) is 13.2. The maximum atomic E-state index is 12.2. The molecule has 0 saturated heterocycles. The first-order valence-electron chi connectivity index (χ1n) is 8.22. The number of hydrogen-bond acceptors (Lipinski definition) is 2. The maximum absolute atomic E-state index is 12.2. The van der Waals surface area contributed by atoms with Crippen LogP contribution in [0, 0.1) is 11.3 Å². The van der Waals surface area contributed by atoms with Gasteiger partial charge in [-0.2, -0.15) is 0 Å². The lowest BCUT2D eigenvalue weighted by molar-refractivity contribution is -0.148. The van der Waals surface area contributed by atoms with Crippen molar-refractivity contribution in [2.24, 2.45) is 11.3 Å². The van der Waals surface area contributed by atoms with Gasteiger partial charge in [-0.25, -0.2) is 4.79 Å². The molecule has 5 nitrogen and oxygen atoms in total. The second-order valence-electron chi connectivity index (χ2n) is 7.10. The predicted molar refractivity (Wildman–Crippen MR) is 81.1 cm³/mol. The molecular formula is C16H28N2O3. The summed E-state index contributed by atoms with van der Waals surface area (Å²) < 4.78 is 0. The number of hydrogen-bond donors (Lipinski definition) is 3. The van der Waals surface area contributed by atoms with Crippen molar-refractivity contribution < 1.29 is 14.7 Å². The van der Waals surface area contributed by atoms with E-state index in [4.69, 9.17) is 0 Å². The number of carbonyl (C=O) groups is 2. The number of nitrogens with one attached hydrogen (secondary N) is 2. The fourth-order valence-electron chi connectivity index (χ4n) is 3.67. The van der Waals surface area contributed by atoms with Gasteiger partial charge < -0.3 is 15.7 Å². The summed E-state index contributed by atoms with van der Waals surface area (Å²) in [6.45, 7) is 4.00. The molecule has 5 heteroatoms. The van der Waals surface area contributed by atoms with Crippen molar-refractivity contribution in [3.63, 3.8) is 0 Å². The Bertz CT molecular complexity index is 399. The Morgan fingerprint density at radius 3 is 2.52 bits per heavy atom. The van der Waals surface area contributed by atoms with Gasteiger partial charge in [0.15, 0.2) is 0 Å². The average molecular weight is 296 g/mol. The van der Waals surface area contributed by atoms with Crippen LogP contribution in [0.1, 0.15) is 65.2 Å². The largest absolute Gasteiger partial charge is 0.481 e. The molecule has 0 aromatic rings. The highest BCUT2D eigenvalue weighted by Gasteiger charge is 2.46. The molecule has 120 valence electrons. The second-order valence-corrected chi connectivity index (χ2v) is 7.10. The lowest BCUT2D eigenvalue weighted by atomic mass is 9.85. The summed E-state index contributed by atoms with van der Waals surface area (Å²) in [5.41, 5.74) is -0.824. The van der Waals surface area contributed by atoms with Crippen LogP contribution in [0.25, 0.3) is 0 Å². The fourth-order valence-corrected chi connectivity index (χ4v) is 3.67. The van der Waals surface area contributed by atoms with E-state index in [0.29, 0.717) is 6.42 Å². The zero-order valence-electron chi connectivity index (χ0n) is 13.2. The molecule has 0 aliphatic heterocycles. The first-order chi connectivity index (χ1) is 9.91. The molecule has 0 aromatic carbocycles.